The van der Waals surface area contributed by atoms with Gasteiger partial charge in [-0.2, -0.15) is 18.1 Å². The fourth-order valence-electron chi connectivity index (χ4n) is 4.22. The molecule has 0 radical (unpaired) electrons. The second-order valence-electron chi connectivity index (χ2n) is 9.24. The van der Waals surface area contributed by atoms with Gasteiger partial charge in [0.1, 0.15) is 6.10 Å². The minimum Gasteiger partial charge on any atom is -0.452 e. The maximum Gasteiger partial charge on any atom is 0.312 e. The minimum atomic E-state index is -3.28. The van der Waals surface area contributed by atoms with Gasteiger partial charge in [-0.3, -0.25) is 0 Å². The van der Waals surface area contributed by atoms with E-state index in [9.17, 15) is 13.0 Å². The van der Waals surface area contributed by atoms with Gasteiger partial charge in [0, 0.05) is 40.8 Å². The number of nitrogens with one attached hydrogen (secondary N) is 1. The number of aliphatic hydroxyl groups excluding tert-OH is 1. The van der Waals surface area contributed by atoms with Crippen LogP contribution in [0.5, 0.6) is 6.01 Å². The van der Waals surface area contributed by atoms with Crippen LogP contribution in [-0.4, -0.2) is 68.1 Å². The first-order valence-electron chi connectivity index (χ1n) is 11.7. The largest absolute Gasteiger partial charge is 0.452 e. The number of H-pyrrole nitrogens is 1. The van der Waals surface area contributed by atoms with E-state index in [1.54, 1.807) is 18.6 Å². The molecule has 2 aromatic heterocycles. The average molecular weight is 563 g/mol. The molecule has 4 aromatic rings. The zero-order valence-corrected chi connectivity index (χ0v) is 22.1. The summed E-state index contributed by atoms with van der Waals surface area (Å²) in [5.74, 6) is -3.28. The highest BCUT2D eigenvalue weighted by Gasteiger charge is 2.55. The second-order valence-corrected chi connectivity index (χ2v) is 12.2. The SMILES string of the molecule is CS(C)(=O)=Nc1ccc(-c2ccc(-c3nc4nc(O[C@@H]5CO[C@H](CCO)C5(F)F)[nH]c4cc3Cl)cc2)cc1. The van der Waals surface area contributed by atoms with Crippen molar-refractivity contribution >= 4 is 38.2 Å². The summed E-state index contributed by atoms with van der Waals surface area (Å²) in [6, 6.07) is 16.6. The van der Waals surface area contributed by atoms with Crippen LogP contribution in [0, 0.1) is 0 Å². The molecule has 0 unspecified atom stereocenters. The number of fused-ring (bicyclic) bond motifs is 1. The molecule has 0 aliphatic carbocycles. The van der Waals surface area contributed by atoms with E-state index >= 15 is 0 Å². The number of hydrogen-bond acceptors (Lipinski definition) is 7. The van der Waals surface area contributed by atoms with E-state index in [2.05, 4.69) is 19.3 Å². The van der Waals surface area contributed by atoms with Crippen LogP contribution in [0.3, 0.4) is 0 Å². The first kappa shape index (κ1) is 26.5. The summed E-state index contributed by atoms with van der Waals surface area (Å²) in [6.07, 6.45) is 0.0326. The molecule has 0 saturated carbocycles. The molecule has 1 aliphatic heterocycles. The highest BCUT2D eigenvalue weighted by Crippen LogP contribution is 2.37. The molecule has 2 atom stereocenters. The number of rotatable bonds is 7. The summed E-state index contributed by atoms with van der Waals surface area (Å²) >= 11 is 6.49. The molecular weight excluding hydrogens is 538 g/mol. The van der Waals surface area contributed by atoms with E-state index < -0.39 is 34.5 Å². The van der Waals surface area contributed by atoms with Gasteiger partial charge >= 0.3 is 5.92 Å². The molecule has 0 spiro atoms. The molecule has 2 N–H and O–H groups in total. The molecule has 1 saturated heterocycles. The first-order chi connectivity index (χ1) is 18.0. The van der Waals surface area contributed by atoms with Crippen LogP contribution in [0.15, 0.2) is 59.0 Å². The molecule has 12 heteroatoms. The van der Waals surface area contributed by atoms with Crippen molar-refractivity contribution in [3.63, 3.8) is 0 Å². The number of pyridine rings is 1. The van der Waals surface area contributed by atoms with Crippen molar-refractivity contribution in [3.8, 4) is 28.4 Å². The number of aliphatic hydroxyl groups is 1. The first-order valence-corrected chi connectivity index (χ1v) is 14.5. The third kappa shape index (κ3) is 5.51. The predicted octanol–water partition coefficient (Wildman–Crippen LogP) is 5.47. The van der Waals surface area contributed by atoms with Crippen molar-refractivity contribution in [2.24, 2.45) is 4.36 Å². The third-order valence-electron chi connectivity index (χ3n) is 6.04. The molecule has 38 heavy (non-hydrogen) atoms. The van der Waals surface area contributed by atoms with E-state index in [-0.39, 0.29) is 24.7 Å². The minimum absolute atomic E-state index is 0.119. The molecule has 0 bridgehead atoms. The van der Waals surface area contributed by atoms with Gasteiger partial charge in [-0.05, 0) is 29.3 Å². The number of aromatic nitrogens is 3. The van der Waals surface area contributed by atoms with E-state index in [0.717, 1.165) is 16.7 Å². The number of nitrogens with zero attached hydrogens (tertiary/aromatic N) is 3. The lowest BCUT2D eigenvalue weighted by atomic mass is 10.0. The summed E-state index contributed by atoms with van der Waals surface area (Å²) in [7, 11) is -2.23. The number of alkyl halides is 2. The second kappa shape index (κ2) is 10.2. The van der Waals surface area contributed by atoms with Crippen LogP contribution < -0.4 is 4.74 Å². The number of imidazole rings is 1. The summed E-state index contributed by atoms with van der Waals surface area (Å²) < 4.78 is 55.7. The monoisotopic (exact) mass is 562 g/mol. The van der Waals surface area contributed by atoms with Crippen LogP contribution >= 0.6 is 11.6 Å². The van der Waals surface area contributed by atoms with Gasteiger partial charge < -0.3 is 19.6 Å². The Morgan fingerprint density at radius 1 is 1.13 bits per heavy atom. The van der Waals surface area contributed by atoms with Gasteiger partial charge in [0.15, 0.2) is 11.8 Å². The zero-order valence-electron chi connectivity index (χ0n) is 20.5. The van der Waals surface area contributed by atoms with Gasteiger partial charge in [0.05, 0.1) is 28.5 Å². The summed E-state index contributed by atoms with van der Waals surface area (Å²) in [5, 5.41) is 9.34. The Balaban J connectivity index is 1.36. The van der Waals surface area contributed by atoms with Crippen LogP contribution in [-0.2, 0) is 14.5 Å². The van der Waals surface area contributed by atoms with Gasteiger partial charge in [-0.25, -0.2) is 9.19 Å². The van der Waals surface area contributed by atoms with Gasteiger partial charge in [-0.15, -0.1) is 0 Å². The fraction of sp³-hybridized carbons (Fsp3) is 0.308. The van der Waals surface area contributed by atoms with Gasteiger partial charge in [-0.1, -0.05) is 48.0 Å². The van der Waals surface area contributed by atoms with Crippen molar-refractivity contribution in [1.29, 1.82) is 0 Å². The highest BCUT2D eigenvalue weighted by molar-refractivity contribution is 7.92. The Kier molecular flexibility index (Phi) is 7.12. The number of aromatic amines is 1. The normalized spacial score (nSPS) is 19.1. The highest BCUT2D eigenvalue weighted by atomic mass is 35.5. The lowest BCUT2D eigenvalue weighted by Gasteiger charge is -2.21. The van der Waals surface area contributed by atoms with Crippen molar-refractivity contribution in [2.75, 3.05) is 25.7 Å². The molecule has 0 amide bonds. The predicted molar refractivity (Wildman–Crippen MR) is 143 cm³/mol. The Morgan fingerprint density at radius 2 is 1.76 bits per heavy atom. The Labute approximate surface area is 223 Å². The lowest BCUT2D eigenvalue weighted by Crippen LogP contribution is -2.42. The number of ether oxygens (including phenoxy) is 2. The summed E-state index contributed by atoms with van der Waals surface area (Å²) in [6.45, 7) is -0.732. The zero-order chi connectivity index (χ0) is 27.1. The van der Waals surface area contributed by atoms with Crippen molar-refractivity contribution in [2.45, 2.75) is 24.6 Å². The van der Waals surface area contributed by atoms with Crippen molar-refractivity contribution < 1.29 is 27.6 Å². The fourth-order valence-corrected chi connectivity index (χ4v) is 5.11. The van der Waals surface area contributed by atoms with Crippen LogP contribution in [0.1, 0.15) is 6.42 Å². The summed E-state index contributed by atoms with van der Waals surface area (Å²) in [5.41, 5.74) is 4.51. The number of hydrogen-bond donors (Lipinski definition) is 2. The van der Waals surface area contributed by atoms with Gasteiger partial charge in [0.2, 0.25) is 0 Å². The smallest absolute Gasteiger partial charge is 0.312 e. The molecular formula is C26H25ClF2N4O4S. The topological polar surface area (TPSA) is 110 Å². The van der Waals surface area contributed by atoms with Crippen molar-refractivity contribution in [1.82, 2.24) is 15.0 Å². The Morgan fingerprint density at radius 3 is 2.39 bits per heavy atom. The van der Waals surface area contributed by atoms with Crippen LogP contribution in [0.4, 0.5) is 14.5 Å². The van der Waals surface area contributed by atoms with E-state index in [4.69, 9.17) is 26.2 Å². The molecule has 200 valence electrons. The Bertz CT molecular complexity index is 1580. The molecule has 3 heterocycles. The number of benzene rings is 2. The Hall–Kier alpha value is -3.12. The van der Waals surface area contributed by atoms with Crippen LogP contribution in [0.2, 0.25) is 5.02 Å². The lowest BCUT2D eigenvalue weighted by molar-refractivity contribution is -0.110. The summed E-state index contributed by atoms with van der Waals surface area (Å²) in [4.78, 5) is 11.6. The van der Waals surface area contributed by atoms with Crippen LogP contribution in [0.25, 0.3) is 33.5 Å². The third-order valence-corrected chi connectivity index (χ3v) is 6.98. The van der Waals surface area contributed by atoms with Gasteiger partial charge in [0.25, 0.3) is 6.01 Å². The molecule has 1 aliphatic rings. The standard InChI is InChI=1S/C26H25ClF2N4O4S/c1-38(2,35)33-18-9-7-16(8-10-18)15-3-5-17(6-4-15)23-19(27)13-20-24(31-23)32-25(30-20)37-22-14-36-21(11-12-34)26(22,28)29/h3-10,13,21-22,34H,11-12,14H2,1-2H3,(H,30,31,32)/t21-,22-/m1/s1. The molecule has 8 nitrogen and oxygen atoms in total. The molecule has 1 fully saturated rings. The van der Waals surface area contributed by atoms with E-state index in [1.165, 1.54) is 0 Å². The maximum atomic E-state index is 14.5. The molecule has 5 rings (SSSR count). The van der Waals surface area contributed by atoms with E-state index in [1.807, 2.05) is 48.5 Å². The number of halogens is 3. The quantitative estimate of drug-likeness (QED) is 0.309. The average Bonchev–Trinajstić information content (AvgIpc) is 3.38. The molecule has 2 aromatic carbocycles. The van der Waals surface area contributed by atoms with E-state index in [0.29, 0.717) is 21.9 Å². The maximum absolute atomic E-state index is 14.5. The van der Waals surface area contributed by atoms with Crippen molar-refractivity contribution in [3.05, 3.63) is 59.6 Å².